The molecule has 4 heteroatoms. The standard InChI is InChI=1S/C13H7Cl2FO/c14-9-3-1-8(2-4-9)13(17)11-6-5-10(16)7-12(11)15/h1-7H. The van der Waals surface area contributed by atoms with Crippen molar-refractivity contribution in [2.45, 2.75) is 0 Å². The Morgan fingerprint density at radius 1 is 1.00 bits per heavy atom. The fraction of sp³-hybridized carbons (Fsp3) is 0. The summed E-state index contributed by atoms with van der Waals surface area (Å²) < 4.78 is 12.9. The normalized spacial score (nSPS) is 10.3. The second kappa shape index (κ2) is 4.86. The molecule has 0 spiro atoms. The molecule has 2 aromatic carbocycles. The summed E-state index contributed by atoms with van der Waals surface area (Å²) in [6.45, 7) is 0. The zero-order valence-corrected chi connectivity index (χ0v) is 10.1. The van der Waals surface area contributed by atoms with Gasteiger partial charge in [-0.25, -0.2) is 4.39 Å². The first kappa shape index (κ1) is 12.1. The highest BCUT2D eigenvalue weighted by Gasteiger charge is 2.13. The minimum Gasteiger partial charge on any atom is -0.289 e. The Kier molecular flexibility index (Phi) is 3.46. The summed E-state index contributed by atoms with van der Waals surface area (Å²) in [6.07, 6.45) is 0. The van der Waals surface area contributed by atoms with Crippen molar-refractivity contribution in [3.05, 3.63) is 69.5 Å². The molecule has 0 aliphatic heterocycles. The van der Waals surface area contributed by atoms with Gasteiger partial charge in [0, 0.05) is 16.1 Å². The van der Waals surface area contributed by atoms with E-state index in [1.807, 2.05) is 0 Å². The van der Waals surface area contributed by atoms with Gasteiger partial charge in [-0.1, -0.05) is 23.2 Å². The van der Waals surface area contributed by atoms with Crippen LogP contribution in [0.4, 0.5) is 4.39 Å². The van der Waals surface area contributed by atoms with E-state index in [4.69, 9.17) is 23.2 Å². The van der Waals surface area contributed by atoms with E-state index in [9.17, 15) is 9.18 Å². The van der Waals surface area contributed by atoms with E-state index in [-0.39, 0.29) is 16.4 Å². The molecule has 0 fully saturated rings. The van der Waals surface area contributed by atoms with Gasteiger partial charge >= 0.3 is 0 Å². The average Bonchev–Trinajstić information content (AvgIpc) is 2.29. The molecule has 86 valence electrons. The molecule has 0 bridgehead atoms. The number of halogens is 3. The Hall–Kier alpha value is -1.38. The van der Waals surface area contributed by atoms with Crippen molar-refractivity contribution in [3.63, 3.8) is 0 Å². The molecule has 0 atom stereocenters. The Morgan fingerprint density at radius 3 is 2.24 bits per heavy atom. The minimum atomic E-state index is -0.470. The lowest BCUT2D eigenvalue weighted by Gasteiger charge is -2.03. The zero-order valence-electron chi connectivity index (χ0n) is 8.58. The number of hydrogen-bond acceptors (Lipinski definition) is 1. The highest BCUT2D eigenvalue weighted by atomic mass is 35.5. The molecular weight excluding hydrogens is 262 g/mol. The average molecular weight is 269 g/mol. The fourth-order valence-corrected chi connectivity index (χ4v) is 1.81. The second-order valence-corrected chi connectivity index (χ2v) is 4.30. The van der Waals surface area contributed by atoms with Crippen LogP contribution in [0.1, 0.15) is 15.9 Å². The molecule has 0 radical (unpaired) electrons. The van der Waals surface area contributed by atoms with E-state index in [1.165, 1.54) is 12.1 Å². The SMILES string of the molecule is O=C(c1ccc(Cl)cc1)c1ccc(F)cc1Cl. The third kappa shape index (κ3) is 2.65. The van der Waals surface area contributed by atoms with Gasteiger partial charge in [-0.2, -0.15) is 0 Å². The van der Waals surface area contributed by atoms with Gasteiger partial charge in [0.2, 0.25) is 0 Å². The monoisotopic (exact) mass is 268 g/mol. The van der Waals surface area contributed by atoms with Crippen LogP contribution in [0.25, 0.3) is 0 Å². The van der Waals surface area contributed by atoms with Crippen LogP contribution in [-0.2, 0) is 0 Å². The maximum atomic E-state index is 12.9. The minimum absolute atomic E-state index is 0.102. The lowest BCUT2D eigenvalue weighted by Crippen LogP contribution is -2.02. The summed E-state index contributed by atoms with van der Waals surface area (Å²) in [5.41, 5.74) is 0.735. The molecule has 0 aliphatic carbocycles. The Bertz CT molecular complexity index is 564. The molecular formula is C13H7Cl2FO. The second-order valence-electron chi connectivity index (χ2n) is 3.46. The van der Waals surface area contributed by atoms with Crippen LogP contribution < -0.4 is 0 Å². The Balaban J connectivity index is 2.40. The molecule has 0 amide bonds. The molecule has 0 N–H and O–H groups in total. The van der Waals surface area contributed by atoms with Crippen LogP contribution in [-0.4, -0.2) is 5.78 Å². The Labute approximate surface area is 108 Å². The van der Waals surface area contributed by atoms with Crippen LogP contribution in [0, 0.1) is 5.82 Å². The van der Waals surface area contributed by atoms with Gasteiger partial charge in [0.15, 0.2) is 5.78 Å². The summed E-state index contributed by atoms with van der Waals surface area (Å²) in [4.78, 5) is 12.0. The molecule has 2 aromatic rings. The molecule has 1 nitrogen and oxygen atoms in total. The lowest BCUT2D eigenvalue weighted by molar-refractivity contribution is 0.103. The first-order valence-corrected chi connectivity index (χ1v) is 5.59. The zero-order chi connectivity index (χ0) is 12.4. The van der Waals surface area contributed by atoms with Crippen LogP contribution in [0.5, 0.6) is 0 Å². The van der Waals surface area contributed by atoms with Crippen LogP contribution in [0.3, 0.4) is 0 Å². The molecule has 0 unspecified atom stereocenters. The number of hydrogen-bond donors (Lipinski definition) is 0. The van der Waals surface area contributed by atoms with Crippen molar-refractivity contribution in [3.8, 4) is 0 Å². The number of rotatable bonds is 2. The molecule has 0 aromatic heterocycles. The Morgan fingerprint density at radius 2 is 1.65 bits per heavy atom. The van der Waals surface area contributed by atoms with Gasteiger partial charge in [-0.05, 0) is 42.5 Å². The van der Waals surface area contributed by atoms with Crippen molar-refractivity contribution in [2.75, 3.05) is 0 Å². The van der Waals surface area contributed by atoms with Crippen LogP contribution >= 0.6 is 23.2 Å². The summed E-state index contributed by atoms with van der Waals surface area (Å²) in [5, 5.41) is 0.650. The van der Waals surface area contributed by atoms with Gasteiger partial charge < -0.3 is 0 Å². The van der Waals surface area contributed by atoms with E-state index in [0.717, 1.165) is 6.07 Å². The molecule has 2 rings (SSSR count). The highest BCUT2D eigenvalue weighted by molar-refractivity contribution is 6.35. The van der Waals surface area contributed by atoms with Gasteiger partial charge in [-0.15, -0.1) is 0 Å². The molecule has 0 aliphatic rings. The summed E-state index contributed by atoms with van der Waals surface area (Å²) >= 11 is 11.5. The van der Waals surface area contributed by atoms with Crippen molar-refractivity contribution < 1.29 is 9.18 Å². The predicted molar refractivity (Wildman–Crippen MR) is 66.3 cm³/mol. The summed E-state index contributed by atoms with van der Waals surface area (Å²) in [6, 6.07) is 10.1. The third-order valence-electron chi connectivity index (χ3n) is 2.28. The van der Waals surface area contributed by atoms with Gasteiger partial charge in [0.1, 0.15) is 5.82 Å². The third-order valence-corrected chi connectivity index (χ3v) is 2.85. The van der Waals surface area contributed by atoms with E-state index in [0.29, 0.717) is 10.6 Å². The van der Waals surface area contributed by atoms with E-state index in [2.05, 4.69) is 0 Å². The first-order valence-electron chi connectivity index (χ1n) is 4.83. The topological polar surface area (TPSA) is 17.1 Å². The first-order chi connectivity index (χ1) is 8.08. The molecule has 0 heterocycles. The van der Waals surface area contributed by atoms with Crippen molar-refractivity contribution in [1.82, 2.24) is 0 Å². The summed E-state index contributed by atoms with van der Waals surface area (Å²) in [5.74, 6) is -0.727. The summed E-state index contributed by atoms with van der Waals surface area (Å²) in [7, 11) is 0. The van der Waals surface area contributed by atoms with Crippen molar-refractivity contribution in [1.29, 1.82) is 0 Å². The van der Waals surface area contributed by atoms with Crippen molar-refractivity contribution >= 4 is 29.0 Å². The van der Waals surface area contributed by atoms with Gasteiger partial charge in [-0.3, -0.25) is 4.79 Å². The van der Waals surface area contributed by atoms with Gasteiger partial charge in [0.25, 0.3) is 0 Å². The van der Waals surface area contributed by atoms with E-state index in [1.54, 1.807) is 24.3 Å². The number of carbonyl (C=O) groups excluding carboxylic acids is 1. The highest BCUT2D eigenvalue weighted by Crippen LogP contribution is 2.21. The molecule has 0 saturated heterocycles. The van der Waals surface area contributed by atoms with Gasteiger partial charge in [0.05, 0.1) is 5.02 Å². The van der Waals surface area contributed by atoms with Crippen LogP contribution in [0.2, 0.25) is 10.0 Å². The largest absolute Gasteiger partial charge is 0.289 e. The van der Waals surface area contributed by atoms with Crippen LogP contribution in [0.15, 0.2) is 42.5 Å². The maximum Gasteiger partial charge on any atom is 0.194 e. The van der Waals surface area contributed by atoms with Crippen molar-refractivity contribution in [2.24, 2.45) is 0 Å². The number of ketones is 1. The number of carbonyl (C=O) groups is 1. The van der Waals surface area contributed by atoms with E-state index < -0.39 is 5.82 Å². The maximum absolute atomic E-state index is 12.9. The lowest BCUT2D eigenvalue weighted by atomic mass is 10.0. The number of benzene rings is 2. The fourth-order valence-electron chi connectivity index (χ4n) is 1.43. The predicted octanol–water partition coefficient (Wildman–Crippen LogP) is 4.36. The smallest absolute Gasteiger partial charge is 0.194 e. The van der Waals surface area contributed by atoms with E-state index >= 15 is 0 Å². The molecule has 17 heavy (non-hydrogen) atoms. The molecule has 0 saturated carbocycles. The quantitative estimate of drug-likeness (QED) is 0.740.